The van der Waals surface area contributed by atoms with Gasteiger partial charge in [-0.1, -0.05) is 18.2 Å². The van der Waals surface area contributed by atoms with Gasteiger partial charge in [0.25, 0.3) is 0 Å². The molecular formula is C15H20N4O. The first-order valence-corrected chi connectivity index (χ1v) is 6.59. The molecule has 2 rings (SSSR count). The first kappa shape index (κ1) is 14.1. The summed E-state index contributed by atoms with van der Waals surface area (Å²) in [5, 5.41) is 10.2. The molecule has 0 bridgehead atoms. The van der Waals surface area contributed by atoms with Crippen molar-refractivity contribution in [2.24, 2.45) is 7.05 Å². The fourth-order valence-corrected chi connectivity index (χ4v) is 2.05. The standard InChI is InChI=1S/C15H20N4O/c1-10-6-5-7-11(2)14(10)18-15(20)12(3)17-13-8-16-19(4)9-13/h5-9,12,17H,1-4H3,(H,18,20)/t12-/m0/s1. The summed E-state index contributed by atoms with van der Waals surface area (Å²) in [7, 11) is 1.84. The van der Waals surface area contributed by atoms with Crippen LogP contribution in [0.1, 0.15) is 18.1 Å². The van der Waals surface area contributed by atoms with Gasteiger partial charge >= 0.3 is 0 Å². The molecule has 0 fully saturated rings. The molecule has 20 heavy (non-hydrogen) atoms. The Labute approximate surface area is 119 Å². The highest BCUT2D eigenvalue weighted by atomic mass is 16.2. The van der Waals surface area contributed by atoms with Crippen LogP contribution in [0, 0.1) is 13.8 Å². The van der Waals surface area contributed by atoms with E-state index in [9.17, 15) is 4.79 Å². The van der Waals surface area contributed by atoms with Gasteiger partial charge < -0.3 is 10.6 Å². The average molecular weight is 272 g/mol. The molecule has 0 aliphatic carbocycles. The summed E-state index contributed by atoms with van der Waals surface area (Å²) in [6, 6.07) is 5.62. The van der Waals surface area contributed by atoms with Crippen LogP contribution in [0.2, 0.25) is 0 Å². The molecule has 0 spiro atoms. The van der Waals surface area contributed by atoms with Crippen LogP contribution >= 0.6 is 0 Å². The highest BCUT2D eigenvalue weighted by Crippen LogP contribution is 2.19. The Bertz CT molecular complexity index is 598. The molecule has 0 aliphatic heterocycles. The number of rotatable bonds is 4. The highest BCUT2D eigenvalue weighted by Gasteiger charge is 2.15. The second-order valence-corrected chi connectivity index (χ2v) is 5.02. The summed E-state index contributed by atoms with van der Waals surface area (Å²) in [5.41, 5.74) is 3.84. The predicted molar refractivity (Wildman–Crippen MR) is 80.8 cm³/mol. The minimum atomic E-state index is -0.335. The van der Waals surface area contributed by atoms with Gasteiger partial charge in [-0.3, -0.25) is 9.48 Å². The number of nitrogens with zero attached hydrogens (tertiary/aromatic N) is 2. The van der Waals surface area contributed by atoms with E-state index in [0.717, 1.165) is 22.5 Å². The molecule has 0 unspecified atom stereocenters. The van der Waals surface area contributed by atoms with E-state index in [4.69, 9.17) is 0 Å². The number of hydrogen-bond acceptors (Lipinski definition) is 3. The summed E-state index contributed by atoms with van der Waals surface area (Å²) >= 11 is 0. The van der Waals surface area contributed by atoms with Crippen molar-refractivity contribution in [1.29, 1.82) is 0 Å². The van der Waals surface area contributed by atoms with Crippen molar-refractivity contribution in [3.05, 3.63) is 41.7 Å². The minimum Gasteiger partial charge on any atom is -0.371 e. The maximum Gasteiger partial charge on any atom is 0.246 e. The SMILES string of the molecule is Cc1cccc(C)c1NC(=O)[C@H](C)Nc1cnn(C)c1. The summed E-state index contributed by atoms with van der Waals surface area (Å²) in [6.45, 7) is 5.81. The lowest BCUT2D eigenvalue weighted by Crippen LogP contribution is -2.32. The van der Waals surface area contributed by atoms with Gasteiger partial charge in [-0.25, -0.2) is 0 Å². The Balaban J connectivity index is 2.04. The van der Waals surface area contributed by atoms with Gasteiger partial charge in [0.2, 0.25) is 5.91 Å². The van der Waals surface area contributed by atoms with E-state index in [1.165, 1.54) is 0 Å². The van der Waals surface area contributed by atoms with Crippen LogP contribution in [-0.4, -0.2) is 21.7 Å². The lowest BCUT2D eigenvalue weighted by Gasteiger charge is -2.16. The number of anilines is 2. The van der Waals surface area contributed by atoms with Crippen LogP contribution in [-0.2, 0) is 11.8 Å². The fourth-order valence-electron chi connectivity index (χ4n) is 2.05. The zero-order chi connectivity index (χ0) is 14.7. The number of benzene rings is 1. The number of aromatic nitrogens is 2. The topological polar surface area (TPSA) is 59.0 Å². The zero-order valence-corrected chi connectivity index (χ0v) is 12.3. The maximum atomic E-state index is 12.2. The summed E-state index contributed by atoms with van der Waals surface area (Å²) in [6.07, 6.45) is 3.53. The van der Waals surface area contributed by atoms with E-state index in [-0.39, 0.29) is 11.9 Å². The Morgan fingerprint density at radius 3 is 2.50 bits per heavy atom. The normalized spacial score (nSPS) is 12.0. The van der Waals surface area contributed by atoms with Crippen molar-refractivity contribution < 1.29 is 4.79 Å². The molecule has 2 aromatic rings. The quantitative estimate of drug-likeness (QED) is 0.899. The highest BCUT2D eigenvalue weighted by molar-refractivity contribution is 5.97. The van der Waals surface area contributed by atoms with E-state index in [0.29, 0.717) is 0 Å². The van der Waals surface area contributed by atoms with Gasteiger partial charge in [0.15, 0.2) is 0 Å². The minimum absolute atomic E-state index is 0.0637. The number of hydrogen-bond donors (Lipinski definition) is 2. The summed E-state index contributed by atoms with van der Waals surface area (Å²) in [5.74, 6) is -0.0637. The van der Waals surface area contributed by atoms with Gasteiger partial charge in [-0.2, -0.15) is 5.10 Å². The molecule has 1 amide bonds. The smallest absolute Gasteiger partial charge is 0.246 e. The first-order valence-electron chi connectivity index (χ1n) is 6.59. The van der Waals surface area contributed by atoms with E-state index < -0.39 is 0 Å². The molecule has 0 saturated carbocycles. The van der Waals surface area contributed by atoms with Crippen LogP contribution in [0.5, 0.6) is 0 Å². The van der Waals surface area contributed by atoms with Crippen molar-refractivity contribution in [2.75, 3.05) is 10.6 Å². The largest absolute Gasteiger partial charge is 0.371 e. The predicted octanol–water partition coefficient (Wildman–Crippen LogP) is 2.48. The van der Waals surface area contributed by atoms with E-state index in [1.807, 2.05) is 52.2 Å². The number of carbonyl (C=O) groups is 1. The third-order valence-corrected chi connectivity index (χ3v) is 3.21. The van der Waals surface area contributed by atoms with Crippen LogP contribution in [0.4, 0.5) is 11.4 Å². The molecule has 0 aliphatic rings. The third kappa shape index (κ3) is 3.17. The Hall–Kier alpha value is -2.30. The van der Waals surface area contributed by atoms with E-state index in [2.05, 4.69) is 15.7 Å². The molecule has 0 radical (unpaired) electrons. The molecule has 1 heterocycles. The molecule has 106 valence electrons. The Morgan fingerprint density at radius 2 is 1.95 bits per heavy atom. The van der Waals surface area contributed by atoms with Crippen molar-refractivity contribution in [3.63, 3.8) is 0 Å². The van der Waals surface area contributed by atoms with Gasteiger partial charge in [0, 0.05) is 18.9 Å². The molecule has 2 N–H and O–H groups in total. The van der Waals surface area contributed by atoms with Crippen LogP contribution < -0.4 is 10.6 Å². The zero-order valence-electron chi connectivity index (χ0n) is 12.3. The first-order chi connectivity index (χ1) is 9.47. The molecule has 1 aromatic carbocycles. The van der Waals surface area contributed by atoms with Crippen molar-refractivity contribution in [2.45, 2.75) is 26.8 Å². The lowest BCUT2D eigenvalue weighted by molar-refractivity contribution is -0.116. The molecule has 1 atom stereocenters. The van der Waals surface area contributed by atoms with E-state index >= 15 is 0 Å². The van der Waals surface area contributed by atoms with E-state index in [1.54, 1.807) is 10.9 Å². The fraction of sp³-hybridized carbons (Fsp3) is 0.333. The Kier molecular flexibility index (Phi) is 4.08. The number of para-hydroxylation sites is 1. The maximum absolute atomic E-state index is 12.2. The third-order valence-electron chi connectivity index (χ3n) is 3.21. The second-order valence-electron chi connectivity index (χ2n) is 5.02. The van der Waals surface area contributed by atoms with Gasteiger partial charge in [-0.15, -0.1) is 0 Å². The lowest BCUT2D eigenvalue weighted by atomic mass is 10.1. The van der Waals surface area contributed by atoms with Crippen LogP contribution in [0.15, 0.2) is 30.6 Å². The summed E-state index contributed by atoms with van der Waals surface area (Å²) in [4.78, 5) is 12.2. The van der Waals surface area contributed by atoms with Gasteiger partial charge in [0.1, 0.15) is 6.04 Å². The molecule has 5 nitrogen and oxygen atoms in total. The van der Waals surface area contributed by atoms with Crippen molar-refractivity contribution >= 4 is 17.3 Å². The molecule has 5 heteroatoms. The molecule has 1 aromatic heterocycles. The second kappa shape index (κ2) is 5.77. The van der Waals surface area contributed by atoms with Crippen molar-refractivity contribution in [1.82, 2.24) is 9.78 Å². The number of nitrogens with one attached hydrogen (secondary N) is 2. The van der Waals surface area contributed by atoms with Gasteiger partial charge in [-0.05, 0) is 31.9 Å². The molecule has 0 saturated heterocycles. The Morgan fingerprint density at radius 1 is 1.30 bits per heavy atom. The number of carbonyl (C=O) groups excluding carboxylic acids is 1. The monoisotopic (exact) mass is 272 g/mol. The average Bonchev–Trinajstić information content (AvgIpc) is 2.79. The number of aryl methyl sites for hydroxylation is 3. The molecular weight excluding hydrogens is 252 g/mol. The van der Waals surface area contributed by atoms with Crippen LogP contribution in [0.25, 0.3) is 0 Å². The van der Waals surface area contributed by atoms with Gasteiger partial charge in [0.05, 0.1) is 11.9 Å². The van der Waals surface area contributed by atoms with Crippen LogP contribution in [0.3, 0.4) is 0 Å². The number of amides is 1. The van der Waals surface area contributed by atoms with Crippen molar-refractivity contribution in [3.8, 4) is 0 Å². The summed E-state index contributed by atoms with van der Waals surface area (Å²) < 4.78 is 1.69.